The Morgan fingerprint density at radius 2 is 1.57 bits per heavy atom. The van der Waals surface area contributed by atoms with Crippen molar-refractivity contribution in [2.24, 2.45) is 11.8 Å². The predicted molar refractivity (Wildman–Crippen MR) is 187 cm³/mol. The first kappa shape index (κ1) is 31.6. The lowest BCUT2D eigenvalue weighted by Crippen LogP contribution is -2.45. The molecule has 7 heteroatoms. The summed E-state index contributed by atoms with van der Waals surface area (Å²) < 4.78 is 13.2. The maximum absolute atomic E-state index is 7.06. The van der Waals surface area contributed by atoms with E-state index in [1.807, 2.05) is 11.3 Å². The van der Waals surface area contributed by atoms with Gasteiger partial charge in [0.05, 0.1) is 18.2 Å². The number of anilines is 1. The Bertz CT molecular complexity index is 1540. The Morgan fingerprint density at radius 3 is 2.26 bits per heavy atom. The highest BCUT2D eigenvalue weighted by Gasteiger charge is 2.40. The molecule has 4 heterocycles. The van der Waals surface area contributed by atoms with Crippen molar-refractivity contribution in [1.29, 1.82) is 0 Å². The molecule has 2 aliphatic heterocycles. The van der Waals surface area contributed by atoms with E-state index in [2.05, 4.69) is 115 Å². The van der Waals surface area contributed by atoms with Crippen LogP contribution in [0.15, 0.2) is 76.5 Å². The van der Waals surface area contributed by atoms with Gasteiger partial charge in [0.2, 0.25) is 11.8 Å². The average Bonchev–Trinajstić information content (AvgIpc) is 3.73. The lowest BCUT2D eigenvalue weighted by molar-refractivity contribution is -0.00675. The molecule has 4 unspecified atom stereocenters. The van der Waals surface area contributed by atoms with Gasteiger partial charge in [0, 0.05) is 43.5 Å². The van der Waals surface area contributed by atoms with Crippen molar-refractivity contribution < 1.29 is 9.15 Å². The van der Waals surface area contributed by atoms with Crippen molar-refractivity contribution in [3.8, 4) is 0 Å². The van der Waals surface area contributed by atoms with Crippen LogP contribution in [-0.4, -0.2) is 60.7 Å². The molecule has 1 saturated carbocycles. The topological polar surface area (TPSA) is 45.0 Å². The zero-order valence-electron chi connectivity index (χ0n) is 28.0. The minimum Gasteiger partial charge on any atom is -0.423 e. The zero-order valence-corrected chi connectivity index (χ0v) is 28.8. The van der Waals surface area contributed by atoms with Gasteiger partial charge in [-0.3, -0.25) is 4.90 Å². The first-order valence-electron chi connectivity index (χ1n) is 17.4. The molecule has 6 nitrogen and oxygen atoms in total. The third kappa shape index (κ3) is 6.84. The highest BCUT2D eigenvalue weighted by Crippen LogP contribution is 2.47. The number of fused-ring (bicyclic) bond motifs is 1. The lowest BCUT2D eigenvalue weighted by atomic mass is 9.74. The molecule has 46 heavy (non-hydrogen) atoms. The van der Waals surface area contributed by atoms with Gasteiger partial charge in [0.25, 0.3) is 0 Å². The van der Waals surface area contributed by atoms with Crippen LogP contribution in [0.25, 0.3) is 0 Å². The Kier molecular flexibility index (Phi) is 9.64. The van der Waals surface area contributed by atoms with E-state index >= 15 is 0 Å². The molecule has 0 bridgehead atoms. The van der Waals surface area contributed by atoms with Gasteiger partial charge in [0.1, 0.15) is 5.69 Å². The zero-order chi connectivity index (χ0) is 31.6. The van der Waals surface area contributed by atoms with Crippen LogP contribution in [0.1, 0.15) is 84.8 Å². The standard InChI is InChI=1S/C39H50N4O2S/c1-27-24-43(25-28(2)44-27)39-34(23-29-11-6-5-7-12-29)40-38(45-39)37(42-21-20-30-13-8-9-14-33(30)26-42)32-18-16-31(17-19-32)36(41(3)4)35-15-10-22-46-35/h5-15,22,27-28,31-32,36-37H,16-21,23-26H2,1-4H3. The van der Waals surface area contributed by atoms with Gasteiger partial charge in [-0.15, -0.1) is 11.3 Å². The summed E-state index contributed by atoms with van der Waals surface area (Å²) in [5.41, 5.74) is 5.26. The van der Waals surface area contributed by atoms with Crippen LogP contribution in [0.2, 0.25) is 0 Å². The highest BCUT2D eigenvalue weighted by molar-refractivity contribution is 7.10. The lowest BCUT2D eigenvalue weighted by Gasteiger charge is -2.42. The van der Waals surface area contributed by atoms with E-state index in [4.69, 9.17) is 14.1 Å². The number of hydrogen-bond donors (Lipinski definition) is 0. The number of benzene rings is 2. The molecule has 2 aromatic heterocycles. The van der Waals surface area contributed by atoms with Crippen molar-refractivity contribution in [3.05, 3.63) is 105 Å². The van der Waals surface area contributed by atoms with Crippen LogP contribution >= 0.6 is 11.3 Å². The van der Waals surface area contributed by atoms with Gasteiger partial charge >= 0.3 is 0 Å². The van der Waals surface area contributed by atoms with Gasteiger partial charge < -0.3 is 19.0 Å². The average molecular weight is 639 g/mol. The number of oxazole rings is 1. The largest absolute Gasteiger partial charge is 0.423 e. The van der Waals surface area contributed by atoms with Crippen LogP contribution in [-0.2, 0) is 24.1 Å². The molecule has 244 valence electrons. The molecule has 4 atom stereocenters. The fraction of sp³-hybridized carbons (Fsp3) is 0.513. The van der Waals surface area contributed by atoms with Gasteiger partial charge in [-0.1, -0.05) is 60.7 Å². The monoisotopic (exact) mass is 638 g/mol. The molecule has 1 saturated heterocycles. The van der Waals surface area contributed by atoms with Crippen LogP contribution < -0.4 is 4.90 Å². The Morgan fingerprint density at radius 1 is 0.870 bits per heavy atom. The number of rotatable bonds is 9. The van der Waals surface area contributed by atoms with Gasteiger partial charge in [-0.05, 0) is 100 Å². The molecular formula is C39H50N4O2S. The molecule has 0 radical (unpaired) electrons. The number of thiophene rings is 1. The number of morpholine rings is 1. The van der Waals surface area contributed by atoms with Gasteiger partial charge in [-0.2, -0.15) is 0 Å². The number of hydrogen-bond acceptors (Lipinski definition) is 7. The van der Waals surface area contributed by atoms with Crippen molar-refractivity contribution in [3.63, 3.8) is 0 Å². The van der Waals surface area contributed by atoms with E-state index in [0.717, 1.165) is 56.5 Å². The normalized spacial score (nSPS) is 25.4. The van der Waals surface area contributed by atoms with Crippen molar-refractivity contribution in [2.45, 2.75) is 83.2 Å². The Balaban J connectivity index is 1.22. The summed E-state index contributed by atoms with van der Waals surface area (Å²) in [7, 11) is 4.50. The minimum absolute atomic E-state index is 0.152. The van der Waals surface area contributed by atoms with Gasteiger partial charge in [0.15, 0.2) is 0 Å². The molecule has 3 aliphatic rings. The maximum atomic E-state index is 7.06. The van der Waals surface area contributed by atoms with E-state index in [-0.39, 0.29) is 18.2 Å². The van der Waals surface area contributed by atoms with E-state index in [0.29, 0.717) is 17.9 Å². The van der Waals surface area contributed by atoms with Gasteiger partial charge in [-0.25, -0.2) is 4.98 Å². The third-order valence-corrected chi connectivity index (χ3v) is 11.5. The summed E-state index contributed by atoms with van der Waals surface area (Å²) >= 11 is 1.90. The summed E-state index contributed by atoms with van der Waals surface area (Å²) in [6, 6.07) is 24.9. The molecular weight excluding hydrogens is 589 g/mol. The molecule has 2 fully saturated rings. The molecule has 2 aromatic carbocycles. The second kappa shape index (κ2) is 14.0. The van der Waals surface area contributed by atoms with Crippen molar-refractivity contribution >= 4 is 17.2 Å². The molecule has 1 aliphatic carbocycles. The number of aromatic nitrogens is 1. The molecule has 0 spiro atoms. The first-order chi connectivity index (χ1) is 22.4. The fourth-order valence-corrected chi connectivity index (χ4v) is 9.55. The minimum atomic E-state index is 0.152. The fourth-order valence-electron chi connectivity index (χ4n) is 8.54. The van der Waals surface area contributed by atoms with E-state index in [9.17, 15) is 0 Å². The Labute approximate surface area is 279 Å². The summed E-state index contributed by atoms with van der Waals surface area (Å²) in [6.07, 6.45) is 7.00. The molecule has 0 N–H and O–H groups in total. The van der Waals surface area contributed by atoms with Crippen molar-refractivity contribution in [1.82, 2.24) is 14.8 Å². The smallest absolute Gasteiger partial charge is 0.220 e. The van der Waals surface area contributed by atoms with Crippen molar-refractivity contribution in [2.75, 3.05) is 38.6 Å². The summed E-state index contributed by atoms with van der Waals surface area (Å²) in [6.45, 7) is 7.97. The van der Waals surface area contributed by atoms with Crippen LogP contribution in [0.5, 0.6) is 0 Å². The summed E-state index contributed by atoms with van der Waals surface area (Å²) in [5.74, 6) is 3.03. The summed E-state index contributed by atoms with van der Waals surface area (Å²) in [4.78, 5) is 14.5. The maximum Gasteiger partial charge on any atom is 0.220 e. The highest BCUT2D eigenvalue weighted by atomic mass is 32.1. The van der Waals surface area contributed by atoms with E-state index in [1.165, 1.54) is 47.3 Å². The van der Waals surface area contributed by atoms with E-state index < -0.39 is 0 Å². The van der Waals surface area contributed by atoms with E-state index in [1.54, 1.807) is 0 Å². The van der Waals surface area contributed by atoms with Crippen LogP contribution in [0, 0.1) is 11.8 Å². The Hall–Kier alpha value is -2.97. The number of ether oxygens (including phenoxy) is 1. The predicted octanol–water partition coefficient (Wildman–Crippen LogP) is 8.15. The van der Waals surface area contributed by atoms with Crippen LogP contribution in [0.3, 0.4) is 0 Å². The first-order valence-corrected chi connectivity index (χ1v) is 18.3. The SMILES string of the molecule is CC1CN(c2oc(C(C3CCC(C(c4cccs4)N(C)C)CC3)N3CCc4ccccc4C3)nc2Cc2ccccc2)CC(C)O1. The number of nitrogens with zero attached hydrogens (tertiary/aromatic N) is 4. The second-order valence-electron chi connectivity index (χ2n) is 14.2. The summed E-state index contributed by atoms with van der Waals surface area (Å²) in [5, 5.41) is 2.23. The molecule has 7 rings (SSSR count). The second-order valence-corrected chi connectivity index (χ2v) is 15.1. The molecule has 4 aromatic rings. The van der Waals surface area contributed by atoms with Crippen LogP contribution in [0.4, 0.5) is 5.88 Å². The molecule has 0 amide bonds. The quantitative estimate of drug-likeness (QED) is 0.184. The third-order valence-electron chi connectivity index (χ3n) is 10.5.